The van der Waals surface area contributed by atoms with Gasteiger partial charge in [0.05, 0.1) is 18.1 Å². The molecule has 2 heterocycles. The van der Waals surface area contributed by atoms with Crippen LogP contribution in [0.1, 0.15) is 36.5 Å². The lowest BCUT2D eigenvalue weighted by Crippen LogP contribution is -2.30. The highest BCUT2D eigenvalue weighted by Crippen LogP contribution is 2.22. The zero-order valence-corrected chi connectivity index (χ0v) is 13.5. The Labute approximate surface area is 125 Å². The molecule has 5 heteroatoms. The van der Waals surface area contributed by atoms with Gasteiger partial charge < -0.3 is 14.8 Å². The minimum absolute atomic E-state index is 0.422. The third-order valence-corrected chi connectivity index (χ3v) is 4.41. The van der Waals surface area contributed by atoms with Gasteiger partial charge in [-0.2, -0.15) is 0 Å². The monoisotopic (exact) mass is 292 g/mol. The van der Waals surface area contributed by atoms with E-state index in [1.54, 1.807) is 0 Å². The summed E-state index contributed by atoms with van der Waals surface area (Å²) in [6.07, 6.45) is 3.85. The van der Waals surface area contributed by atoms with E-state index in [4.69, 9.17) is 0 Å². The SMILES string of the molecule is CC(C)n1cncc1CNCC(c1cccs1)N(C)C. The second-order valence-corrected chi connectivity index (χ2v) is 6.49. The molecule has 2 rings (SSSR count). The number of thiophene rings is 1. The molecule has 0 saturated heterocycles. The molecule has 0 aromatic carbocycles. The maximum atomic E-state index is 4.24. The third kappa shape index (κ3) is 3.69. The topological polar surface area (TPSA) is 33.1 Å². The predicted molar refractivity (Wildman–Crippen MR) is 85.1 cm³/mol. The number of aromatic nitrogens is 2. The Hall–Kier alpha value is -1.17. The normalized spacial score (nSPS) is 13.3. The van der Waals surface area contributed by atoms with E-state index < -0.39 is 0 Å². The average Bonchev–Trinajstić information content (AvgIpc) is 3.05. The number of nitrogens with zero attached hydrogens (tertiary/aromatic N) is 3. The van der Waals surface area contributed by atoms with Crippen LogP contribution in [0, 0.1) is 0 Å². The summed E-state index contributed by atoms with van der Waals surface area (Å²) in [4.78, 5) is 7.91. The Morgan fingerprint density at radius 1 is 1.40 bits per heavy atom. The van der Waals surface area contributed by atoms with Gasteiger partial charge >= 0.3 is 0 Å². The van der Waals surface area contributed by atoms with Crippen molar-refractivity contribution < 1.29 is 0 Å². The van der Waals surface area contributed by atoms with E-state index >= 15 is 0 Å². The first-order valence-corrected chi connectivity index (χ1v) is 7.88. The molecule has 4 nitrogen and oxygen atoms in total. The molecular formula is C15H24N4S. The Balaban J connectivity index is 1.92. The number of likely N-dealkylation sites (N-methyl/N-ethyl adjacent to an activating group) is 1. The van der Waals surface area contributed by atoms with E-state index in [0.717, 1.165) is 13.1 Å². The molecule has 2 aromatic rings. The van der Waals surface area contributed by atoms with E-state index in [2.05, 4.69) is 65.2 Å². The van der Waals surface area contributed by atoms with Crippen LogP contribution in [0.2, 0.25) is 0 Å². The van der Waals surface area contributed by atoms with E-state index in [1.807, 2.05) is 23.9 Å². The largest absolute Gasteiger partial charge is 0.331 e. The first kappa shape index (κ1) is 15.2. The van der Waals surface area contributed by atoms with Gasteiger partial charge in [0.15, 0.2) is 0 Å². The molecular weight excluding hydrogens is 268 g/mol. The van der Waals surface area contributed by atoms with Crippen LogP contribution in [0.5, 0.6) is 0 Å². The molecule has 0 saturated carbocycles. The van der Waals surface area contributed by atoms with E-state index in [0.29, 0.717) is 12.1 Å². The van der Waals surface area contributed by atoms with Gasteiger partial charge in [0.25, 0.3) is 0 Å². The quantitative estimate of drug-likeness (QED) is 0.852. The summed E-state index contributed by atoms with van der Waals surface area (Å²) < 4.78 is 2.21. The molecule has 0 aliphatic heterocycles. The van der Waals surface area contributed by atoms with Crippen LogP contribution in [0.3, 0.4) is 0 Å². The van der Waals surface area contributed by atoms with Crippen molar-refractivity contribution in [1.29, 1.82) is 0 Å². The highest BCUT2D eigenvalue weighted by atomic mass is 32.1. The molecule has 0 radical (unpaired) electrons. The minimum atomic E-state index is 0.422. The fourth-order valence-corrected chi connectivity index (χ4v) is 3.21. The molecule has 20 heavy (non-hydrogen) atoms. The fourth-order valence-electron chi connectivity index (χ4n) is 2.29. The standard InChI is InChI=1S/C15H24N4S/c1-12(2)19-11-17-9-13(19)8-16-10-14(18(3)4)15-6-5-7-20-15/h5-7,9,11-12,14,16H,8,10H2,1-4H3. The summed E-state index contributed by atoms with van der Waals surface area (Å²) >= 11 is 1.82. The van der Waals surface area contributed by atoms with Crippen LogP contribution >= 0.6 is 11.3 Å². The van der Waals surface area contributed by atoms with Gasteiger partial charge in [-0.3, -0.25) is 0 Å². The number of rotatable bonds is 7. The Morgan fingerprint density at radius 3 is 2.80 bits per heavy atom. The Morgan fingerprint density at radius 2 is 2.20 bits per heavy atom. The summed E-state index contributed by atoms with van der Waals surface area (Å²) in [7, 11) is 4.26. The van der Waals surface area contributed by atoms with Crippen molar-refractivity contribution in [1.82, 2.24) is 19.8 Å². The summed E-state index contributed by atoms with van der Waals surface area (Å²) in [5, 5.41) is 5.70. The number of hydrogen-bond donors (Lipinski definition) is 1. The first-order chi connectivity index (χ1) is 9.59. The smallest absolute Gasteiger partial charge is 0.0951 e. The Bertz CT molecular complexity index is 502. The predicted octanol–water partition coefficient (Wildman–Crippen LogP) is 2.92. The Kier molecular flexibility index (Phi) is 5.34. The van der Waals surface area contributed by atoms with Crippen molar-refractivity contribution in [2.45, 2.75) is 32.5 Å². The van der Waals surface area contributed by atoms with E-state index in [-0.39, 0.29) is 0 Å². The number of imidazole rings is 1. The van der Waals surface area contributed by atoms with Gasteiger partial charge in [-0.25, -0.2) is 4.98 Å². The van der Waals surface area contributed by atoms with Crippen LogP contribution in [-0.2, 0) is 6.54 Å². The van der Waals surface area contributed by atoms with Crippen molar-refractivity contribution in [3.63, 3.8) is 0 Å². The first-order valence-electron chi connectivity index (χ1n) is 7.01. The van der Waals surface area contributed by atoms with Gasteiger partial charge in [-0.15, -0.1) is 11.3 Å². The summed E-state index contributed by atoms with van der Waals surface area (Å²) in [6, 6.07) is 5.20. The zero-order chi connectivity index (χ0) is 14.5. The van der Waals surface area contributed by atoms with Crippen LogP contribution in [-0.4, -0.2) is 35.1 Å². The molecule has 1 N–H and O–H groups in total. The number of nitrogens with one attached hydrogen (secondary N) is 1. The lowest BCUT2D eigenvalue weighted by molar-refractivity contribution is 0.291. The molecule has 0 amide bonds. The van der Waals surface area contributed by atoms with Gasteiger partial charge in [0.1, 0.15) is 0 Å². The molecule has 1 atom stereocenters. The molecule has 0 bridgehead atoms. The van der Waals surface area contributed by atoms with E-state index in [1.165, 1.54) is 10.6 Å². The van der Waals surface area contributed by atoms with Crippen molar-refractivity contribution in [2.75, 3.05) is 20.6 Å². The van der Waals surface area contributed by atoms with E-state index in [9.17, 15) is 0 Å². The molecule has 0 aliphatic rings. The van der Waals surface area contributed by atoms with Crippen LogP contribution in [0.15, 0.2) is 30.0 Å². The van der Waals surface area contributed by atoms with Crippen molar-refractivity contribution >= 4 is 11.3 Å². The summed E-state index contributed by atoms with van der Waals surface area (Å²) in [5.74, 6) is 0. The zero-order valence-electron chi connectivity index (χ0n) is 12.7. The van der Waals surface area contributed by atoms with Gasteiger partial charge in [0.2, 0.25) is 0 Å². The van der Waals surface area contributed by atoms with Crippen LogP contribution in [0.25, 0.3) is 0 Å². The van der Waals surface area contributed by atoms with Crippen LogP contribution in [0.4, 0.5) is 0 Å². The summed E-state index contributed by atoms with van der Waals surface area (Å²) in [5.41, 5.74) is 1.24. The molecule has 1 unspecified atom stereocenters. The maximum Gasteiger partial charge on any atom is 0.0951 e. The van der Waals surface area contributed by atoms with Crippen molar-refractivity contribution in [2.24, 2.45) is 0 Å². The minimum Gasteiger partial charge on any atom is -0.331 e. The third-order valence-electron chi connectivity index (χ3n) is 3.44. The average molecular weight is 292 g/mol. The highest BCUT2D eigenvalue weighted by Gasteiger charge is 2.15. The molecule has 0 aliphatic carbocycles. The highest BCUT2D eigenvalue weighted by molar-refractivity contribution is 7.10. The fraction of sp³-hybridized carbons (Fsp3) is 0.533. The van der Waals surface area contributed by atoms with Crippen molar-refractivity contribution in [3.8, 4) is 0 Å². The molecule has 0 spiro atoms. The van der Waals surface area contributed by atoms with Crippen LogP contribution < -0.4 is 5.32 Å². The van der Waals surface area contributed by atoms with Gasteiger partial charge in [-0.05, 0) is 39.4 Å². The number of hydrogen-bond acceptors (Lipinski definition) is 4. The molecule has 110 valence electrons. The second kappa shape index (κ2) is 7.02. The lowest BCUT2D eigenvalue weighted by atomic mass is 10.2. The summed E-state index contributed by atoms with van der Waals surface area (Å²) in [6.45, 7) is 6.16. The maximum absolute atomic E-state index is 4.24. The van der Waals surface area contributed by atoms with Gasteiger partial charge in [0, 0.05) is 30.2 Å². The second-order valence-electron chi connectivity index (χ2n) is 5.51. The molecule has 2 aromatic heterocycles. The molecule has 0 fully saturated rings. The lowest BCUT2D eigenvalue weighted by Gasteiger charge is -2.24. The van der Waals surface area contributed by atoms with Crippen molar-refractivity contribution in [3.05, 3.63) is 40.6 Å². The van der Waals surface area contributed by atoms with Gasteiger partial charge in [-0.1, -0.05) is 6.07 Å².